The Balaban J connectivity index is 2.53. The van der Waals surface area contributed by atoms with E-state index in [4.69, 9.17) is 17.3 Å². The topological polar surface area (TPSA) is 84.2 Å². The molecule has 1 atom stereocenters. The summed E-state index contributed by atoms with van der Waals surface area (Å²) in [4.78, 5) is 23.6. The summed E-state index contributed by atoms with van der Waals surface area (Å²) < 4.78 is 0. The predicted molar refractivity (Wildman–Crippen MR) is 85.3 cm³/mol. The van der Waals surface area contributed by atoms with Crippen LogP contribution in [0.15, 0.2) is 18.2 Å². The van der Waals surface area contributed by atoms with Gasteiger partial charge in [0.25, 0.3) is 0 Å². The molecule has 0 aromatic heterocycles. The number of carbonyl (C=O) groups is 2. The van der Waals surface area contributed by atoms with Crippen molar-refractivity contribution in [3.63, 3.8) is 0 Å². The first-order chi connectivity index (χ1) is 9.61. The number of hydrogen-bond donors (Lipinski definition) is 3. The Morgan fingerprint density at radius 2 is 1.95 bits per heavy atom. The second kappa shape index (κ2) is 6.91. The van der Waals surface area contributed by atoms with Crippen LogP contribution in [0.5, 0.6) is 0 Å². The van der Waals surface area contributed by atoms with Gasteiger partial charge in [0, 0.05) is 0 Å². The van der Waals surface area contributed by atoms with E-state index in [0.717, 1.165) is 5.56 Å². The van der Waals surface area contributed by atoms with Gasteiger partial charge in [-0.2, -0.15) is 0 Å². The average molecular weight is 312 g/mol. The average Bonchev–Trinajstić information content (AvgIpc) is 2.37. The van der Waals surface area contributed by atoms with Gasteiger partial charge in [0.1, 0.15) is 0 Å². The second-order valence-corrected chi connectivity index (χ2v) is 6.50. The van der Waals surface area contributed by atoms with Gasteiger partial charge in [0.2, 0.25) is 11.8 Å². The lowest BCUT2D eigenvalue weighted by atomic mass is 9.87. The molecule has 116 valence electrons. The van der Waals surface area contributed by atoms with Gasteiger partial charge in [-0.1, -0.05) is 38.4 Å². The molecule has 1 rings (SSSR count). The van der Waals surface area contributed by atoms with Crippen molar-refractivity contribution in [3.8, 4) is 0 Å². The summed E-state index contributed by atoms with van der Waals surface area (Å²) in [6, 6.07) is 4.65. The number of nitrogens with two attached hydrogens (primary N) is 1. The molecule has 0 saturated carbocycles. The van der Waals surface area contributed by atoms with Gasteiger partial charge in [-0.3, -0.25) is 9.59 Å². The lowest BCUT2D eigenvalue weighted by Gasteiger charge is -2.25. The van der Waals surface area contributed by atoms with E-state index in [2.05, 4.69) is 10.6 Å². The largest absolute Gasteiger partial charge is 0.346 e. The highest BCUT2D eigenvalue weighted by Gasteiger charge is 2.27. The van der Waals surface area contributed by atoms with Crippen LogP contribution < -0.4 is 16.4 Å². The summed E-state index contributed by atoms with van der Waals surface area (Å²) in [5, 5.41) is 5.62. The van der Waals surface area contributed by atoms with Crippen molar-refractivity contribution >= 4 is 29.1 Å². The Hall–Kier alpha value is -1.59. The molecule has 5 nitrogen and oxygen atoms in total. The van der Waals surface area contributed by atoms with E-state index in [1.54, 1.807) is 12.1 Å². The molecular formula is C15H22ClN3O2. The van der Waals surface area contributed by atoms with Crippen LogP contribution in [-0.2, 0) is 9.59 Å². The van der Waals surface area contributed by atoms with Gasteiger partial charge in [-0.15, -0.1) is 0 Å². The Morgan fingerprint density at radius 1 is 1.33 bits per heavy atom. The molecule has 0 unspecified atom stereocenters. The Morgan fingerprint density at radius 3 is 2.48 bits per heavy atom. The van der Waals surface area contributed by atoms with E-state index in [9.17, 15) is 9.59 Å². The van der Waals surface area contributed by atoms with Crippen LogP contribution in [0.4, 0.5) is 5.69 Å². The zero-order chi connectivity index (χ0) is 16.2. The van der Waals surface area contributed by atoms with Crippen LogP contribution in [0, 0.1) is 12.3 Å². The summed E-state index contributed by atoms with van der Waals surface area (Å²) in [7, 11) is 0. The van der Waals surface area contributed by atoms with Crippen LogP contribution in [0.2, 0.25) is 5.02 Å². The number of benzene rings is 1. The molecule has 0 aliphatic rings. The van der Waals surface area contributed by atoms with Crippen molar-refractivity contribution in [2.24, 2.45) is 11.1 Å². The molecule has 0 aliphatic heterocycles. The van der Waals surface area contributed by atoms with Crippen molar-refractivity contribution in [2.45, 2.75) is 33.7 Å². The molecule has 0 bridgehead atoms. The molecule has 0 fully saturated rings. The highest BCUT2D eigenvalue weighted by atomic mass is 35.5. The Bertz CT molecular complexity index is 538. The number of carbonyl (C=O) groups excluding carboxylic acids is 2. The fourth-order valence-corrected chi connectivity index (χ4v) is 1.87. The quantitative estimate of drug-likeness (QED) is 0.796. The van der Waals surface area contributed by atoms with Gasteiger partial charge in [0.15, 0.2) is 0 Å². The third kappa shape index (κ3) is 5.36. The molecule has 0 spiro atoms. The summed E-state index contributed by atoms with van der Waals surface area (Å²) >= 11 is 6.02. The molecule has 1 aromatic carbocycles. The minimum atomic E-state index is -0.673. The highest BCUT2D eigenvalue weighted by molar-refractivity contribution is 6.33. The molecule has 0 radical (unpaired) electrons. The predicted octanol–water partition coefficient (Wildman–Crippen LogP) is 2.08. The fraction of sp³-hybridized carbons (Fsp3) is 0.467. The molecule has 2 amide bonds. The normalized spacial score (nSPS) is 12.7. The maximum Gasteiger partial charge on any atom is 0.243 e. The number of rotatable bonds is 4. The Kier molecular flexibility index (Phi) is 5.75. The van der Waals surface area contributed by atoms with Gasteiger partial charge < -0.3 is 16.4 Å². The van der Waals surface area contributed by atoms with Gasteiger partial charge in [0.05, 0.1) is 23.3 Å². The van der Waals surface area contributed by atoms with E-state index in [1.807, 2.05) is 33.8 Å². The summed E-state index contributed by atoms with van der Waals surface area (Å²) in [5.74, 6) is -0.706. The number of aryl methyl sites for hydroxylation is 1. The van der Waals surface area contributed by atoms with Crippen molar-refractivity contribution in [2.75, 3.05) is 11.9 Å². The smallest absolute Gasteiger partial charge is 0.243 e. The summed E-state index contributed by atoms with van der Waals surface area (Å²) in [6.07, 6.45) is 0. The number of nitrogens with one attached hydrogen (secondary N) is 2. The first-order valence-corrected chi connectivity index (χ1v) is 7.08. The number of halogens is 1. The van der Waals surface area contributed by atoms with Gasteiger partial charge in [-0.25, -0.2) is 0 Å². The standard InChI is InChI=1S/C15H22ClN3O2/c1-9-5-6-11(10(16)7-9)19-12(20)8-18-14(21)13(17)15(2,3)4/h5-7,13H,8,17H2,1-4H3,(H,18,21)(H,19,20)/t13-/m1/s1. The first-order valence-electron chi connectivity index (χ1n) is 6.70. The minimum Gasteiger partial charge on any atom is -0.346 e. The monoisotopic (exact) mass is 311 g/mol. The molecule has 0 heterocycles. The van der Waals surface area contributed by atoms with Crippen molar-refractivity contribution in [3.05, 3.63) is 28.8 Å². The van der Waals surface area contributed by atoms with Crippen LogP contribution >= 0.6 is 11.6 Å². The Labute approximate surface area is 130 Å². The van der Waals surface area contributed by atoms with Crippen LogP contribution in [0.3, 0.4) is 0 Å². The van der Waals surface area contributed by atoms with E-state index in [-0.39, 0.29) is 23.8 Å². The molecule has 0 aliphatic carbocycles. The van der Waals surface area contributed by atoms with Crippen LogP contribution in [0.25, 0.3) is 0 Å². The van der Waals surface area contributed by atoms with Crippen molar-refractivity contribution in [1.82, 2.24) is 5.32 Å². The maximum absolute atomic E-state index is 11.8. The summed E-state index contributed by atoms with van der Waals surface area (Å²) in [6.45, 7) is 7.36. The zero-order valence-corrected chi connectivity index (χ0v) is 13.5. The zero-order valence-electron chi connectivity index (χ0n) is 12.8. The lowest BCUT2D eigenvalue weighted by Crippen LogP contribution is -2.50. The molecule has 1 aromatic rings. The molecule has 21 heavy (non-hydrogen) atoms. The van der Waals surface area contributed by atoms with E-state index in [1.165, 1.54) is 0 Å². The van der Waals surface area contributed by atoms with Crippen LogP contribution in [0.1, 0.15) is 26.3 Å². The lowest BCUT2D eigenvalue weighted by molar-refractivity contribution is -0.126. The van der Waals surface area contributed by atoms with E-state index >= 15 is 0 Å². The minimum absolute atomic E-state index is 0.146. The molecule has 4 N–H and O–H groups in total. The third-order valence-electron chi connectivity index (χ3n) is 3.04. The van der Waals surface area contributed by atoms with Crippen molar-refractivity contribution in [1.29, 1.82) is 0 Å². The summed E-state index contributed by atoms with van der Waals surface area (Å²) in [5.41, 5.74) is 6.97. The maximum atomic E-state index is 11.8. The first kappa shape index (κ1) is 17.5. The van der Waals surface area contributed by atoms with Crippen LogP contribution in [-0.4, -0.2) is 24.4 Å². The van der Waals surface area contributed by atoms with Gasteiger partial charge >= 0.3 is 0 Å². The SMILES string of the molecule is Cc1ccc(NC(=O)CNC(=O)[C@@H](N)C(C)(C)C)c(Cl)c1. The number of hydrogen-bond acceptors (Lipinski definition) is 3. The second-order valence-electron chi connectivity index (χ2n) is 6.09. The highest BCUT2D eigenvalue weighted by Crippen LogP contribution is 2.22. The molecule has 6 heteroatoms. The molecular weight excluding hydrogens is 290 g/mol. The van der Waals surface area contributed by atoms with Gasteiger partial charge in [-0.05, 0) is 30.0 Å². The number of amides is 2. The fourth-order valence-electron chi connectivity index (χ4n) is 1.59. The third-order valence-corrected chi connectivity index (χ3v) is 3.35. The van der Waals surface area contributed by atoms with Crippen molar-refractivity contribution < 1.29 is 9.59 Å². The van der Waals surface area contributed by atoms with E-state index in [0.29, 0.717) is 10.7 Å². The number of anilines is 1. The van der Waals surface area contributed by atoms with E-state index < -0.39 is 6.04 Å². The molecule has 0 saturated heterocycles.